The van der Waals surface area contributed by atoms with Crippen molar-refractivity contribution in [1.82, 2.24) is 4.98 Å². The molecule has 0 unspecified atom stereocenters. The van der Waals surface area contributed by atoms with Gasteiger partial charge in [-0.05, 0) is 49.7 Å². The second-order valence-corrected chi connectivity index (χ2v) is 5.35. The second-order valence-electron chi connectivity index (χ2n) is 5.35. The smallest absolute Gasteiger partial charge is 0.256 e. The molecule has 2 aromatic rings. The van der Waals surface area contributed by atoms with Crippen LogP contribution in [0.3, 0.4) is 0 Å². The minimum absolute atomic E-state index is 0.00647. The molecule has 1 aromatic heterocycles. The van der Waals surface area contributed by atoms with Crippen LogP contribution in [0.15, 0.2) is 42.5 Å². The van der Waals surface area contributed by atoms with Crippen molar-refractivity contribution in [3.63, 3.8) is 0 Å². The van der Waals surface area contributed by atoms with Crippen LogP contribution in [0, 0.1) is 6.92 Å². The molecule has 2 N–H and O–H groups in total. The van der Waals surface area contributed by atoms with Crippen molar-refractivity contribution in [3.8, 4) is 0 Å². The van der Waals surface area contributed by atoms with E-state index in [1.165, 1.54) is 0 Å². The molecule has 0 bridgehead atoms. The fourth-order valence-electron chi connectivity index (χ4n) is 2.07. The number of amides is 2. The van der Waals surface area contributed by atoms with Crippen LogP contribution in [0.2, 0.25) is 0 Å². The number of aryl methyl sites for hydroxylation is 1. The molecule has 0 aliphatic carbocycles. The third-order valence-electron chi connectivity index (χ3n) is 3.32. The van der Waals surface area contributed by atoms with Crippen LogP contribution in [-0.4, -0.2) is 16.8 Å². The van der Waals surface area contributed by atoms with Crippen molar-refractivity contribution >= 4 is 23.3 Å². The van der Waals surface area contributed by atoms with Gasteiger partial charge in [-0.25, -0.2) is 4.98 Å². The Kier molecular flexibility index (Phi) is 5.86. The van der Waals surface area contributed by atoms with Gasteiger partial charge >= 0.3 is 0 Å². The van der Waals surface area contributed by atoms with E-state index >= 15 is 0 Å². The number of unbranched alkanes of at least 4 members (excludes halogenated alkanes) is 1. The Morgan fingerprint density at radius 2 is 1.78 bits per heavy atom. The Morgan fingerprint density at radius 1 is 1.04 bits per heavy atom. The minimum atomic E-state index is -0.230. The summed E-state index contributed by atoms with van der Waals surface area (Å²) in [5.74, 6) is 0.284. The Morgan fingerprint density at radius 3 is 2.43 bits per heavy atom. The van der Waals surface area contributed by atoms with Gasteiger partial charge in [-0.15, -0.1) is 0 Å². The molecular formula is C18H21N3O2. The Labute approximate surface area is 136 Å². The highest BCUT2D eigenvalue weighted by Gasteiger charge is 2.08. The van der Waals surface area contributed by atoms with Gasteiger partial charge in [0.05, 0.1) is 0 Å². The van der Waals surface area contributed by atoms with E-state index in [0.29, 0.717) is 23.5 Å². The van der Waals surface area contributed by atoms with Crippen molar-refractivity contribution in [3.05, 3.63) is 53.7 Å². The molecule has 0 saturated heterocycles. The molecule has 0 spiro atoms. The molecule has 1 heterocycles. The molecular weight excluding hydrogens is 290 g/mol. The molecule has 0 aliphatic rings. The van der Waals surface area contributed by atoms with Gasteiger partial charge in [0.2, 0.25) is 5.91 Å². The highest BCUT2D eigenvalue weighted by molar-refractivity contribution is 6.04. The summed E-state index contributed by atoms with van der Waals surface area (Å²) in [7, 11) is 0. The van der Waals surface area contributed by atoms with Gasteiger partial charge in [0.25, 0.3) is 5.91 Å². The fourth-order valence-corrected chi connectivity index (χ4v) is 2.07. The van der Waals surface area contributed by atoms with Crippen molar-refractivity contribution in [2.24, 2.45) is 0 Å². The maximum absolute atomic E-state index is 12.2. The van der Waals surface area contributed by atoms with Crippen molar-refractivity contribution in [1.29, 1.82) is 0 Å². The zero-order valence-electron chi connectivity index (χ0n) is 13.4. The summed E-state index contributed by atoms with van der Waals surface area (Å²) in [6.45, 7) is 3.91. The lowest BCUT2D eigenvalue weighted by Crippen LogP contribution is -2.14. The molecule has 0 aliphatic heterocycles. The molecule has 5 heteroatoms. The maximum Gasteiger partial charge on any atom is 0.256 e. The zero-order chi connectivity index (χ0) is 16.7. The molecule has 1 aromatic carbocycles. The monoisotopic (exact) mass is 311 g/mol. The molecule has 0 radical (unpaired) electrons. The SMILES string of the molecule is CCCCC(=O)Nc1ccc(C(=O)Nc2cccc(C)n2)cc1. The fraction of sp³-hybridized carbons (Fsp3) is 0.278. The van der Waals surface area contributed by atoms with E-state index < -0.39 is 0 Å². The summed E-state index contributed by atoms with van der Waals surface area (Å²) < 4.78 is 0. The lowest BCUT2D eigenvalue weighted by atomic mass is 10.2. The van der Waals surface area contributed by atoms with Crippen LogP contribution in [0.25, 0.3) is 0 Å². The van der Waals surface area contributed by atoms with Gasteiger partial charge in [0, 0.05) is 23.4 Å². The van der Waals surface area contributed by atoms with E-state index in [-0.39, 0.29) is 11.8 Å². The second kappa shape index (κ2) is 8.08. The highest BCUT2D eigenvalue weighted by atomic mass is 16.2. The number of carbonyl (C=O) groups is 2. The quantitative estimate of drug-likeness (QED) is 0.853. The lowest BCUT2D eigenvalue weighted by Gasteiger charge is -2.07. The number of nitrogens with one attached hydrogen (secondary N) is 2. The summed E-state index contributed by atoms with van der Waals surface area (Å²) >= 11 is 0. The van der Waals surface area contributed by atoms with E-state index in [4.69, 9.17) is 0 Å². The predicted molar refractivity (Wildman–Crippen MR) is 91.5 cm³/mol. The average Bonchev–Trinajstić information content (AvgIpc) is 2.53. The molecule has 2 rings (SSSR count). The number of pyridine rings is 1. The number of anilines is 2. The van der Waals surface area contributed by atoms with Gasteiger partial charge in [-0.2, -0.15) is 0 Å². The van der Waals surface area contributed by atoms with Crippen molar-refractivity contribution < 1.29 is 9.59 Å². The van der Waals surface area contributed by atoms with Gasteiger partial charge in [-0.3, -0.25) is 9.59 Å². The summed E-state index contributed by atoms with van der Waals surface area (Å²) in [5, 5.41) is 5.57. The van der Waals surface area contributed by atoms with Crippen LogP contribution in [-0.2, 0) is 4.79 Å². The Balaban J connectivity index is 1.96. The van der Waals surface area contributed by atoms with Crippen LogP contribution in [0.4, 0.5) is 11.5 Å². The van der Waals surface area contributed by atoms with Crippen LogP contribution >= 0.6 is 0 Å². The molecule has 2 amide bonds. The van der Waals surface area contributed by atoms with E-state index in [2.05, 4.69) is 15.6 Å². The van der Waals surface area contributed by atoms with Crippen molar-refractivity contribution in [2.45, 2.75) is 33.1 Å². The normalized spacial score (nSPS) is 10.2. The summed E-state index contributed by atoms with van der Waals surface area (Å²) in [6, 6.07) is 12.3. The number of nitrogens with zero attached hydrogens (tertiary/aromatic N) is 1. The predicted octanol–water partition coefficient (Wildman–Crippen LogP) is 3.77. The summed E-state index contributed by atoms with van der Waals surface area (Å²) in [4.78, 5) is 28.1. The molecule has 0 saturated carbocycles. The van der Waals surface area contributed by atoms with Crippen LogP contribution in [0.1, 0.15) is 42.2 Å². The zero-order valence-corrected chi connectivity index (χ0v) is 13.4. The van der Waals surface area contributed by atoms with Crippen molar-refractivity contribution in [2.75, 3.05) is 10.6 Å². The van der Waals surface area contributed by atoms with E-state index in [1.54, 1.807) is 30.3 Å². The number of hydrogen-bond acceptors (Lipinski definition) is 3. The topological polar surface area (TPSA) is 71.1 Å². The summed E-state index contributed by atoms with van der Waals surface area (Å²) in [5.41, 5.74) is 2.05. The van der Waals surface area contributed by atoms with E-state index in [9.17, 15) is 9.59 Å². The third kappa shape index (κ3) is 5.21. The van der Waals surface area contributed by atoms with Gasteiger partial charge in [0.15, 0.2) is 0 Å². The molecule has 0 fully saturated rings. The van der Waals surface area contributed by atoms with E-state index in [1.807, 2.05) is 26.0 Å². The molecule has 23 heavy (non-hydrogen) atoms. The molecule has 0 atom stereocenters. The average molecular weight is 311 g/mol. The van der Waals surface area contributed by atoms with Crippen LogP contribution < -0.4 is 10.6 Å². The minimum Gasteiger partial charge on any atom is -0.326 e. The van der Waals surface area contributed by atoms with E-state index in [0.717, 1.165) is 18.5 Å². The number of hydrogen-bond donors (Lipinski definition) is 2. The number of carbonyl (C=O) groups excluding carboxylic acids is 2. The highest BCUT2D eigenvalue weighted by Crippen LogP contribution is 2.12. The Hall–Kier alpha value is -2.69. The van der Waals surface area contributed by atoms with Gasteiger partial charge in [0.1, 0.15) is 5.82 Å². The standard InChI is InChI=1S/C18H21N3O2/c1-3-4-8-17(22)20-15-11-9-14(10-12-15)18(23)21-16-7-5-6-13(2)19-16/h5-7,9-12H,3-4,8H2,1-2H3,(H,20,22)(H,19,21,23). The van der Waals surface area contributed by atoms with Crippen LogP contribution in [0.5, 0.6) is 0 Å². The molecule has 5 nitrogen and oxygen atoms in total. The Bertz CT molecular complexity index is 681. The first kappa shape index (κ1) is 16.7. The summed E-state index contributed by atoms with van der Waals surface area (Å²) in [6.07, 6.45) is 2.37. The number of benzene rings is 1. The van der Waals surface area contributed by atoms with Gasteiger partial charge < -0.3 is 10.6 Å². The third-order valence-corrected chi connectivity index (χ3v) is 3.32. The molecule has 120 valence electrons. The first-order chi connectivity index (χ1) is 11.1. The maximum atomic E-state index is 12.2. The first-order valence-electron chi connectivity index (χ1n) is 7.73. The largest absolute Gasteiger partial charge is 0.326 e. The number of rotatable bonds is 6. The van der Waals surface area contributed by atoms with Gasteiger partial charge in [-0.1, -0.05) is 19.4 Å². The first-order valence-corrected chi connectivity index (χ1v) is 7.73. The lowest BCUT2D eigenvalue weighted by molar-refractivity contribution is -0.116. The number of aromatic nitrogens is 1.